The zero-order valence-electron chi connectivity index (χ0n) is 20.8. The average molecular weight is 564 g/mol. The van der Waals surface area contributed by atoms with E-state index < -0.39 is 34.0 Å². The highest BCUT2D eigenvalue weighted by Crippen LogP contribution is 2.26. The summed E-state index contributed by atoms with van der Waals surface area (Å²) in [5, 5.41) is 22.1. The van der Waals surface area contributed by atoms with Crippen molar-refractivity contribution in [3.05, 3.63) is 60.2 Å². The summed E-state index contributed by atoms with van der Waals surface area (Å²) >= 11 is 1.66. The molecule has 1 aliphatic heterocycles. The van der Waals surface area contributed by atoms with Gasteiger partial charge in [-0.2, -0.15) is 16.1 Å². The maximum absolute atomic E-state index is 13.1. The van der Waals surface area contributed by atoms with Crippen LogP contribution < -0.4 is 21.1 Å². The van der Waals surface area contributed by atoms with Crippen molar-refractivity contribution in [1.82, 2.24) is 14.9 Å². The van der Waals surface area contributed by atoms with E-state index in [2.05, 4.69) is 10.6 Å². The fourth-order valence-electron chi connectivity index (χ4n) is 4.02. The Morgan fingerprint density at radius 2 is 1.87 bits per heavy atom. The van der Waals surface area contributed by atoms with Gasteiger partial charge in [0.15, 0.2) is 5.96 Å². The van der Waals surface area contributed by atoms with Gasteiger partial charge in [0.2, 0.25) is 15.9 Å². The first-order chi connectivity index (χ1) is 18.2. The first kappa shape index (κ1) is 29.3. The molecular formula is C25H33N5O6S2. The van der Waals surface area contributed by atoms with E-state index in [9.17, 15) is 23.1 Å². The number of sulfonamides is 1. The van der Waals surface area contributed by atoms with Gasteiger partial charge in [0, 0.05) is 31.0 Å². The van der Waals surface area contributed by atoms with Crippen LogP contribution in [0.1, 0.15) is 18.4 Å². The number of nitrogens with zero attached hydrogens (tertiary/aromatic N) is 1. The predicted molar refractivity (Wildman–Crippen MR) is 146 cm³/mol. The summed E-state index contributed by atoms with van der Waals surface area (Å²) in [6, 6.07) is 12.7. The molecule has 1 aliphatic rings. The topological polar surface area (TPSA) is 175 Å². The lowest BCUT2D eigenvalue weighted by atomic mass is 10.1. The molecule has 2 atom stereocenters. The van der Waals surface area contributed by atoms with Crippen molar-refractivity contribution < 1.29 is 27.9 Å². The lowest BCUT2D eigenvalue weighted by Crippen LogP contribution is -2.51. The highest BCUT2D eigenvalue weighted by molar-refractivity contribution is 7.99. The Kier molecular flexibility index (Phi) is 10.8. The van der Waals surface area contributed by atoms with E-state index in [1.54, 1.807) is 54.2 Å². The number of ether oxygens (including phenoxy) is 1. The zero-order chi connectivity index (χ0) is 27.5. The molecular weight excluding hydrogens is 530 g/mol. The number of carbonyl (C=O) groups is 2. The molecule has 2 aromatic carbocycles. The third kappa shape index (κ3) is 8.36. The quantitative estimate of drug-likeness (QED) is 0.129. The van der Waals surface area contributed by atoms with Crippen molar-refractivity contribution in [2.75, 3.05) is 31.2 Å². The van der Waals surface area contributed by atoms with Crippen molar-refractivity contribution in [3.8, 4) is 5.75 Å². The van der Waals surface area contributed by atoms with Crippen LogP contribution in [0.3, 0.4) is 0 Å². The molecule has 0 spiro atoms. The second-order valence-electron chi connectivity index (χ2n) is 8.64. The minimum absolute atomic E-state index is 0.0402. The highest BCUT2D eigenvalue weighted by Gasteiger charge is 2.40. The molecule has 1 heterocycles. The number of carboxylic acid groups (broad SMARTS) is 1. The monoisotopic (exact) mass is 563 g/mol. The number of benzene rings is 2. The average Bonchev–Trinajstić information content (AvgIpc) is 3.40. The van der Waals surface area contributed by atoms with Crippen LogP contribution in [0.4, 0.5) is 0 Å². The number of thioether (sulfide) groups is 1. The Morgan fingerprint density at radius 1 is 1.16 bits per heavy atom. The van der Waals surface area contributed by atoms with Crippen LogP contribution in [0.5, 0.6) is 5.75 Å². The first-order valence-corrected chi connectivity index (χ1v) is 14.8. The third-order valence-electron chi connectivity index (χ3n) is 5.89. The van der Waals surface area contributed by atoms with Crippen molar-refractivity contribution >= 4 is 39.6 Å². The van der Waals surface area contributed by atoms with E-state index in [-0.39, 0.29) is 23.8 Å². The fraction of sp³-hybridized carbons (Fsp3) is 0.400. The highest BCUT2D eigenvalue weighted by atomic mass is 32.2. The van der Waals surface area contributed by atoms with E-state index >= 15 is 0 Å². The molecule has 38 heavy (non-hydrogen) atoms. The zero-order valence-corrected chi connectivity index (χ0v) is 22.5. The van der Waals surface area contributed by atoms with Crippen LogP contribution in [0.25, 0.3) is 0 Å². The molecule has 11 nitrogen and oxygen atoms in total. The number of carbonyl (C=O) groups excluding carboxylic acids is 1. The summed E-state index contributed by atoms with van der Waals surface area (Å²) in [5.41, 5.74) is 5.91. The van der Waals surface area contributed by atoms with Crippen LogP contribution in [0.2, 0.25) is 0 Å². The third-order valence-corrected chi connectivity index (χ3v) is 8.76. The van der Waals surface area contributed by atoms with Crippen molar-refractivity contribution in [1.29, 1.82) is 5.41 Å². The number of nitrogens with one attached hydrogen (secondary N) is 3. The Morgan fingerprint density at radius 3 is 2.53 bits per heavy atom. The van der Waals surface area contributed by atoms with E-state index in [0.717, 1.165) is 15.8 Å². The number of aliphatic carboxylic acids is 1. The maximum atomic E-state index is 13.1. The van der Waals surface area contributed by atoms with E-state index in [0.29, 0.717) is 37.3 Å². The van der Waals surface area contributed by atoms with Crippen LogP contribution in [0.15, 0.2) is 59.5 Å². The molecule has 0 saturated carbocycles. The van der Waals surface area contributed by atoms with Gasteiger partial charge in [-0.15, -0.1) is 0 Å². The normalized spacial score (nSPS) is 16.5. The number of amides is 1. The van der Waals surface area contributed by atoms with Gasteiger partial charge in [-0.25, -0.2) is 13.2 Å². The summed E-state index contributed by atoms with van der Waals surface area (Å²) in [6.45, 7) is 1.29. The molecule has 1 fully saturated rings. The predicted octanol–water partition coefficient (Wildman–Crippen LogP) is 1.25. The molecule has 3 rings (SSSR count). The number of hydrogen-bond donors (Lipinski definition) is 5. The van der Waals surface area contributed by atoms with Gasteiger partial charge in [0.05, 0.1) is 11.5 Å². The Bertz CT molecular complexity index is 1190. The molecule has 0 aliphatic carbocycles. The second kappa shape index (κ2) is 14.0. The Labute approximate surface area is 226 Å². The smallest absolute Gasteiger partial charge is 0.326 e. The SMILES string of the molecule is N=C(N)NCCSCCOc1ccc(C[C@H](NC(=O)[C@@H]2CCCN2S(=O)(=O)c2ccccc2)C(=O)O)cc1. The van der Waals surface area contributed by atoms with Crippen molar-refractivity contribution in [3.63, 3.8) is 0 Å². The molecule has 1 saturated heterocycles. The molecule has 1 amide bonds. The Hall–Kier alpha value is -3.29. The molecule has 13 heteroatoms. The molecule has 6 N–H and O–H groups in total. The Balaban J connectivity index is 1.52. The lowest BCUT2D eigenvalue weighted by molar-refractivity contribution is -0.142. The number of hydrogen-bond acceptors (Lipinski definition) is 7. The van der Waals surface area contributed by atoms with Gasteiger partial charge in [0.1, 0.15) is 17.8 Å². The van der Waals surface area contributed by atoms with Gasteiger partial charge >= 0.3 is 5.97 Å². The summed E-state index contributed by atoms with van der Waals surface area (Å²) < 4.78 is 33.0. The van der Waals surface area contributed by atoms with Crippen LogP contribution in [0, 0.1) is 5.41 Å². The molecule has 206 valence electrons. The minimum atomic E-state index is -3.88. The van der Waals surface area contributed by atoms with Gasteiger partial charge in [0.25, 0.3) is 0 Å². The summed E-state index contributed by atoms with van der Waals surface area (Å²) in [7, 11) is -3.88. The van der Waals surface area contributed by atoms with Gasteiger partial charge in [-0.1, -0.05) is 30.3 Å². The molecule has 2 aromatic rings. The van der Waals surface area contributed by atoms with Gasteiger partial charge < -0.3 is 26.2 Å². The lowest BCUT2D eigenvalue weighted by Gasteiger charge is -2.25. The maximum Gasteiger partial charge on any atom is 0.326 e. The fourth-order valence-corrected chi connectivity index (χ4v) is 6.35. The van der Waals surface area contributed by atoms with Crippen LogP contribution in [-0.4, -0.2) is 79.0 Å². The molecule has 0 unspecified atom stereocenters. The van der Waals surface area contributed by atoms with Gasteiger partial charge in [-0.3, -0.25) is 10.2 Å². The van der Waals surface area contributed by atoms with Crippen LogP contribution >= 0.6 is 11.8 Å². The summed E-state index contributed by atoms with van der Waals surface area (Å²) in [6.07, 6.45) is 0.872. The van der Waals surface area contributed by atoms with Crippen molar-refractivity contribution in [2.24, 2.45) is 5.73 Å². The first-order valence-electron chi connectivity index (χ1n) is 12.2. The standard InChI is InChI=1S/C25H33N5O6S2/c26-25(27)28-12-15-37-16-14-36-19-10-8-18(9-11-19)17-21(24(32)33)29-23(31)22-7-4-13-30(22)38(34,35)20-5-2-1-3-6-20/h1-3,5-6,8-11,21-22H,4,7,12-17H2,(H,29,31)(H,32,33)(H4,26,27,28)/t21-,22-/m0/s1. The molecule has 0 aromatic heterocycles. The summed E-state index contributed by atoms with van der Waals surface area (Å²) in [4.78, 5) is 25.0. The molecule has 0 radical (unpaired) electrons. The number of rotatable bonds is 14. The van der Waals surface area contributed by atoms with Gasteiger partial charge in [-0.05, 0) is 42.7 Å². The largest absolute Gasteiger partial charge is 0.493 e. The minimum Gasteiger partial charge on any atom is -0.493 e. The van der Waals surface area contributed by atoms with E-state index in [1.165, 1.54) is 12.1 Å². The number of nitrogens with two attached hydrogens (primary N) is 1. The number of guanidine groups is 1. The second-order valence-corrected chi connectivity index (χ2v) is 11.8. The molecule has 0 bridgehead atoms. The number of carboxylic acids is 1. The van der Waals surface area contributed by atoms with E-state index in [4.69, 9.17) is 15.9 Å². The van der Waals surface area contributed by atoms with Crippen molar-refractivity contribution in [2.45, 2.75) is 36.2 Å². The summed E-state index contributed by atoms with van der Waals surface area (Å²) in [5.74, 6) is 0.312. The van der Waals surface area contributed by atoms with E-state index in [1.807, 2.05) is 0 Å². The van der Waals surface area contributed by atoms with Crippen LogP contribution in [-0.2, 0) is 26.0 Å².